The predicted molar refractivity (Wildman–Crippen MR) is 37.8 cm³/mol. The molecule has 1 heterocycles. The number of hydrogen-bond acceptors (Lipinski definition) is 3. The predicted octanol–water partition coefficient (Wildman–Crippen LogP) is 0.319. The first-order chi connectivity index (χ1) is 5.18. The van der Waals surface area contributed by atoms with Gasteiger partial charge in [0.05, 0.1) is 12.0 Å². The molecule has 0 aromatic carbocycles. The molecule has 0 amide bonds. The second-order valence-corrected chi connectivity index (χ2v) is 3.57. The van der Waals surface area contributed by atoms with E-state index >= 15 is 0 Å². The Balaban J connectivity index is 2.18. The van der Waals surface area contributed by atoms with Gasteiger partial charge in [0, 0.05) is 5.92 Å². The minimum atomic E-state index is -0.342. The number of ether oxygens (including phenoxy) is 1. The Morgan fingerprint density at radius 2 is 2.27 bits per heavy atom. The lowest BCUT2D eigenvalue weighted by Gasteiger charge is -2.27. The Morgan fingerprint density at radius 3 is 3.00 bits per heavy atom. The maximum absolute atomic E-state index is 11.0. The third-order valence-corrected chi connectivity index (χ3v) is 2.84. The minimum Gasteiger partial charge on any atom is -0.462 e. The summed E-state index contributed by atoms with van der Waals surface area (Å²) in [6, 6.07) is 0. The fourth-order valence-electron chi connectivity index (χ4n) is 1.94. The molecule has 1 aliphatic heterocycles. The summed E-state index contributed by atoms with van der Waals surface area (Å²) in [5.74, 6) is -0.0118. The number of aliphatic hydroxyl groups is 1. The molecule has 0 spiro atoms. The van der Waals surface area contributed by atoms with Crippen molar-refractivity contribution in [2.45, 2.75) is 32.0 Å². The molecule has 0 unspecified atom stereocenters. The summed E-state index contributed by atoms with van der Waals surface area (Å²) in [7, 11) is 0. The smallest absolute Gasteiger partial charge is 0.309 e. The van der Waals surface area contributed by atoms with Crippen molar-refractivity contribution < 1.29 is 14.6 Å². The van der Waals surface area contributed by atoms with Crippen LogP contribution < -0.4 is 0 Å². The number of fused-ring (bicyclic) bond motifs is 2. The Kier molecular flexibility index (Phi) is 1.42. The largest absolute Gasteiger partial charge is 0.462 e. The van der Waals surface area contributed by atoms with Crippen molar-refractivity contribution in [2.24, 2.45) is 11.8 Å². The van der Waals surface area contributed by atoms with Crippen LogP contribution in [0.3, 0.4) is 0 Å². The van der Waals surface area contributed by atoms with Gasteiger partial charge < -0.3 is 9.84 Å². The van der Waals surface area contributed by atoms with E-state index in [1.807, 2.05) is 6.92 Å². The van der Waals surface area contributed by atoms with Gasteiger partial charge in [0.25, 0.3) is 0 Å². The SMILES string of the molecule is C[C@H]1[C@H](O)C[C@@H]2C[C@H]1OC2=O. The number of carbonyl (C=O) groups excluding carboxylic acids is 1. The highest BCUT2D eigenvalue weighted by Gasteiger charge is 2.45. The fourth-order valence-corrected chi connectivity index (χ4v) is 1.94. The van der Waals surface area contributed by atoms with Gasteiger partial charge >= 0.3 is 5.97 Å². The van der Waals surface area contributed by atoms with E-state index in [-0.39, 0.29) is 30.0 Å². The molecule has 0 aromatic heterocycles. The fraction of sp³-hybridized carbons (Fsp3) is 0.875. The van der Waals surface area contributed by atoms with Crippen LogP contribution in [0.1, 0.15) is 19.8 Å². The molecule has 62 valence electrons. The van der Waals surface area contributed by atoms with Crippen molar-refractivity contribution in [2.75, 3.05) is 0 Å². The highest BCUT2D eigenvalue weighted by Crippen LogP contribution is 2.37. The molecule has 2 rings (SSSR count). The Morgan fingerprint density at radius 1 is 1.55 bits per heavy atom. The van der Waals surface area contributed by atoms with Crippen molar-refractivity contribution in [3.63, 3.8) is 0 Å². The number of carbonyl (C=O) groups is 1. The van der Waals surface area contributed by atoms with Crippen molar-refractivity contribution in [3.05, 3.63) is 0 Å². The van der Waals surface area contributed by atoms with Crippen LogP contribution in [0, 0.1) is 11.8 Å². The molecule has 1 N–H and O–H groups in total. The minimum absolute atomic E-state index is 0.0174. The van der Waals surface area contributed by atoms with Crippen LogP contribution in [0.4, 0.5) is 0 Å². The van der Waals surface area contributed by atoms with Crippen molar-refractivity contribution in [1.29, 1.82) is 0 Å². The van der Waals surface area contributed by atoms with Crippen LogP contribution in [-0.2, 0) is 9.53 Å². The quantitative estimate of drug-likeness (QED) is 0.514. The highest BCUT2D eigenvalue weighted by atomic mass is 16.6. The molecule has 0 aromatic rings. The molecule has 2 bridgehead atoms. The van der Waals surface area contributed by atoms with Gasteiger partial charge in [0.15, 0.2) is 0 Å². The first-order valence-corrected chi connectivity index (χ1v) is 4.07. The molecular weight excluding hydrogens is 144 g/mol. The first kappa shape index (κ1) is 7.10. The van der Waals surface area contributed by atoms with Crippen molar-refractivity contribution in [1.82, 2.24) is 0 Å². The van der Waals surface area contributed by atoms with Gasteiger partial charge in [-0.1, -0.05) is 6.92 Å². The Bertz CT molecular complexity index is 190. The summed E-state index contributed by atoms with van der Waals surface area (Å²) in [5.41, 5.74) is 0. The molecule has 1 saturated heterocycles. The summed E-state index contributed by atoms with van der Waals surface area (Å²) in [6.45, 7) is 1.93. The third kappa shape index (κ3) is 0.948. The molecule has 0 radical (unpaired) electrons. The molecule has 3 heteroatoms. The van der Waals surface area contributed by atoms with Crippen LogP contribution in [0.15, 0.2) is 0 Å². The number of rotatable bonds is 0. The Hall–Kier alpha value is -0.570. The van der Waals surface area contributed by atoms with E-state index in [0.717, 1.165) is 6.42 Å². The van der Waals surface area contributed by atoms with Crippen LogP contribution in [-0.4, -0.2) is 23.3 Å². The zero-order chi connectivity index (χ0) is 8.01. The van der Waals surface area contributed by atoms with Gasteiger partial charge in [-0.15, -0.1) is 0 Å². The van der Waals surface area contributed by atoms with E-state index in [9.17, 15) is 9.90 Å². The molecule has 11 heavy (non-hydrogen) atoms. The van der Waals surface area contributed by atoms with Crippen LogP contribution >= 0.6 is 0 Å². The zero-order valence-electron chi connectivity index (χ0n) is 6.49. The standard InChI is InChI=1S/C8H12O3/c1-4-6(9)2-5-3-7(4)11-8(5)10/h4-7,9H,2-3H2,1H3/t4-,5+,6+,7+/m0/s1. The topological polar surface area (TPSA) is 46.5 Å². The monoisotopic (exact) mass is 156 g/mol. The second-order valence-electron chi connectivity index (χ2n) is 3.57. The summed E-state index contributed by atoms with van der Waals surface area (Å²) in [4.78, 5) is 11.0. The zero-order valence-corrected chi connectivity index (χ0v) is 6.49. The van der Waals surface area contributed by atoms with Gasteiger partial charge in [-0.2, -0.15) is 0 Å². The lowest BCUT2D eigenvalue weighted by Crippen LogP contribution is -2.33. The molecule has 2 aliphatic rings. The molecule has 1 saturated carbocycles. The highest BCUT2D eigenvalue weighted by molar-refractivity contribution is 5.75. The number of aliphatic hydroxyl groups excluding tert-OH is 1. The van der Waals surface area contributed by atoms with E-state index in [1.165, 1.54) is 0 Å². The van der Waals surface area contributed by atoms with Crippen LogP contribution in [0.2, 0.25) is 0 Å². The van der Waals surface area contributed by atoms with Gasteiger partial charge in [0.1, 0.15) is 6.10 Å². The van der Waals surface area contributed by atoms with Crippen LogP contribution in [0.5, 0.6) is 0 Å². The molecule has 2 fully saturated rings. The normalized spacial score (nSPS) is 49.1. The van der Waals surface area contributed by atoms with E-state index in [4.69, 9.17) is 4.74 Å². The van der Waals surface area contributed by atoms with Crippen molar-refractivity contribution in [3.8, 4) is 0 Å². The molecular formula is C8H12O3. The van der Waals surface area contributed by atoms with Crippen molar-refractivity contribution >= 4 is 5.97 Å². The lowest BCUT2D eigenvalue weighted by molar-refractivity contribution is -0.144. The second kappa shape index (κ2) is 2.21. The van der Waals surface area contributed by atoms with Gasteiger partial charge in [0.2, 0.25) is 0 Å². The van der Waals surface area contributed by atoms with E-state index in [1.54, 1.807) is 0 Å². The van der Waals surface area contributed by atoms with E-state index in [0.29, 0.717) is 6.42 Å². The third-order valence-electron chi connectivity index (χ3n) is 2.84. The maximum Gasteiger partial charge on any atom is 0.309 e. The van der Waals surface area contributed by atoms with Gasteiger partial charge in [-0.05, 0) is 12.8 Å². The number of hydrogen-bond donors (Lipinski definition) is 1. The van der Waals surface area contributed by atoms with E-state index in [2.05, 4.69) is 0 Å². The van der Waals surface area contributed by atoms with Gasteiger partial charge in [-0.3, -0.25) is 4.79 Å². The van der Waals surface area contributed by atoms with E-state index < -0.39 is 0 Å². The summed E-state index contributed by atoms with van der Waals surface area (Å²) < 4.78 is 5.07. The van der Waals surface area contributed by atoms with Gasteiger partial charge in [-0.25, -0.2) is 0 Å². The lowest BCUT2D eigenvalue weighted by atomic mass is 9.81. The average molecular weight is 156 g/mol. The maximum atomic E-state index is 11.0. The molecule has 4 atom stereocenters. The average Bonchev–Trinajstić information content (AvgIpc) is 2.26. The number of esters is 1. The van der Waals surface area contributed by atoms with Crippen LogP contribution in [0.25, 0.3) is 0 Å². The summed E-state index contributed by atoms with van der Waals surface area (Å²) in [5, 5.41) is 9.44. The summed E-state index contributed by atoms with van der Waals surface area (Å²) in [6.07, 6.45) is 1.05. The molecule has 3 nitrogen and oxygen atoms in total. The Labute approximate surface area is 65.4 Å². The first-order valence-electron chi connectivity index (χ1n) is 4.07. The summed E-state index contributed by atoms with van der Waals surface area (Å²) >= 11 is 0. The molecule has 1 aliphatic carbocycles.